The molecule has 0 radical (unpaired) electrons. The first-order chi connectivity index (χ1) is 14.7. The number of amides is 2. The molecule has 1 unspecified atom stereocenters. The third-order valence-corrected chi connectivity index (χ3v) is 6.58. The van der Waals surface area contributed by atoms with Gasteiger partial charge in [-0.3, -0.25) is 14.5 Å². The summed E-state index contributed by atoms with van der Waals surface area (Å²) in [6, 6.07) is 12.3. The molecular formula is C20H19ClN4O4S2. The first-order valence-electron chi connectivity index (χ1n) is 9.03. The van der Waals surface area contributed by atoms with Gasteiger partial charge in [0.2, 0.25) is 21.8 Å². The number of hydrogen-bond acceptors (Lipinski definition) is 6. The predicted octanol–water partition coefficient (Wildman–Crippen LogP) is 3.13. The number of sulfonamides is 1. The summed E-state index contributed by atoms with van der Waals surface area (Å²) >= 11 is 7.01. The number of carbonyl (C=O) groups excluding carboxylic acids is 2. The standard InChI is InChI=1S/C20H19ClN4O4S2/c1-2-11-25-19(27)17(12-18(26)23-14-5-3-13(21)4-6-14)30-20(25)24-15-7-9-16(10-8-15)31(22,28)29/h2-10,17H,1,11-12H2,(H,23,26)(H2,22,28,29). The van der Waals surface area contributed by atoms with Gasteiger partial charge in [0.05, 0.1) is 10.6 Å². The second-order valence-corrected chi connectivity index (χ2v) is 9.70. The number of nitrogens with one attached hydrogen (secondary N) is 1. The third kappa shape index (κ3) is 5.95. The molecule has 0 aromatic heterocycles. The van der Waals surface area contributed by atoms with Crippen LogP contribution in [0.25, 0.3) is 0 Å². The van der Waals surface area contributed by atoms with E-state index in [0.29, 0.717) is 21.6 Å². The molecule has 1 heterocycles. The van der Waals surface area contributed by atoms with Gasteiger partial charge in [-0.25, -0.2) is 18.5 Å². The Labute approximate surface area is 189 Å². The molecular weight excluding hydrogens is 460 g/mol. The predicted molar refractivity (Wildman–Crippen MR) is 123 cm³/mol. The van der Waals surface area contributed by atoms with Crippen molar-refractivity contribution in [3.63, 3.8) is 0 Å². The molecule has 1 aliphatic rings. The zero-order valence-corrected chi connectivity index (χ0v) is 18.6. The second-order valence-electron chi connectivity index (χ2n) is 6.54. The third-order valence-electron chi connectivity index (χ3n) is 4.22. The number of aliphatic imine (C=N–C) groups is 1. The zero-order valence-electron chi connectivity index (χ0n) is 16.2. The molecule has 0 saturated carbocycles. The first-order valence-corrected chi connectivity index (χ1v) is 11.8. The summed E-state index contributed by atoms with van der Waals surface area (Å²) in [4.78, 5) is 31.0. The van der Waals surface area contributed by atoms with Crippen LogP contribution in [0.4, 0.5) is 11.4 Å². The molecule has 1 fully saturated rings. The van der Waals surface area contributed by atoms with Gasteiger partial charge in [-0.1, -0.05) is 29.4 Å². The molecule has 3 N–H and O–H groups in total. The van der Waals surface area contributed by atoms with Gasteiger partial charge in [-0.15, -0.1) is 6.58 Å². The Morgan fingerprint density at radius 1 is 1.23 bits per heavy atom. The number of carbonyl (C=O) groups is 2. The molecule has 11 heteroatoms. The lowest BCUT2D eigenvalue weighted by atomic mass is 10.2. The molecule has 2 aromatic rings. The molecule has 0 bridgehead atoms. The van der Waals surface area contributed by atoms with Crippen LogP contribution in [-0.2, 0) is 19.6 Å². The maximum atomic E-state index is 12.8. The number of primary sulfonamides is 1. The van der Waals surface area contributed by atoms with Crippen molar-refractivity contribution in [2.24, 2.45) is 10.1 Å². The van der Waals surface area contributed by atoms with E-state index >= 15 is 0 Å². The molecule has 8 nitrogen and oxygen atoms in total. The van der Waals surface area contributed by atoms with Crippen LogP contribution < -0.4 is 10.5 Å². The molecule has 162 valence electrons. The summed E-state index contributed by atoms with van der Waals surface area (Å²) in [6.07, 6.45) is 1.53. The summed E-state index contributed by atoms with van der Waals surface area (Å²) < 4.78 is 22.8. The van der Waals surface area contributed by atoms with Crippen LogP contribution in [0.15, 0.2) is 71.1 Å². The highest BCUT2D eigenvalue weighted by Gasteiger charge is 2.38. The number of anilines is 1. The molecule has 1 saturated heterocycles. The van der Waals surface area contributed by atoms with Gasteiger partial charge in [0.15, 0.2) is 5.17 Å². The lowest BCUT2D eigenvalue weighted by molar-refractivity contribution is -0.127. The Kier molecular flexibility index (Phi) is 7.16. The monoisotopic (exact) mass is 478 g/mol. The summed E-state index contributed by atoms with van der Waals surface area (Å²) in [7, 11) is -3.81. The van der Waals surface area contributed by atoms with Gasteiger partial charge in [0, 0.05) is 23.7 Å². The minimum atomic E-state index is -3.81. The van der Waals surface area contributed by atoms with Crippen molar-refractivity contribution in [2.75, 3.05) is 11.9 Å². The normalized spacial score (nSPS) is 17.7. The summed E-state index contributed by atoms with van der Waals surface area (Å²) in [6.45, 7) is 3.89. The molecule has 2 amide bonds. The Morgan fingerprint density at radius 3 is 2.45 bits per heavy atom. The second kappa shape index (κ2) is 9.65. The fourth-order valence-corrected chi connectivity index (χ4v) is 4.57. The first kappa shape index (κ1) is 23.0. The minimum absolute atomic E-state index is 0.0358. The highest BCUT2D eigenvalue weighted by Crippen LogP contribution is 2.32. The maximum Gasteiger partial charge on any atom is 0.242 e. The van der Waals surface area contributed by atoms with Crippen molar-refractivity contribution >= 4 is 61.7 Å². The largest absolute Gasteiger partial charge is 0.326 e. The summed E-state index contributed by atoms with van der Waals surface area (Å²) in [5.74, 6) is -0.568. The van der Waals surface area contributed by atoms with Crippen LogP contribution in [0.3, 0.4) is 0 Å². The van der Waals surface area contributed by atoms with Crippen LogP contribution in [0.2, 0.25) is 5.02 Å². The average Bonchev–Trinajstić information content (AvgIpc) is 2.98. The molecule has 2 aromatic carbocycles. The highest BCUT2D eigenvalue weighted by atomic mass is 35.5. The summed E-state index contributed by atoms with van der Waals surface area (Å²) in [5.41, 5.74) is 1.03. The van der Waals surface area contributed by atoms with Crippen molar-refractivity contribution in [1.29, 1.82) is 0 Å². The number of nitrogens with two attached hydrogens (primary N) is 1. The van der Waals surface area contributed by atoms with E-state index in [2.05, 4.69) is 16.9 Å². The Hall–Kier alpha value is -2.66. The van der Waals surface area contributed by atoms with E-state index in [0.717, 1.165) is 0 Å². The van der Waals surface area contributed by atoms with Crippen LogP contribution in [0.5, 0.6) is 0 Å². The van der Waals surface area contributed by atoms with E-state index in [-0.39, 0.29) is 29.7 Å². The van der Waals surface area contributed by atoms with E-state index in [1.54, 1.807) is 30.3 Å². The number of rotatable bonds is 7. The van der Waals surface area contributed by atoms with Crippen molar-refractivity contribution in [3.8, 4) is 0 Å². The van der Waals surface area contributed by atoms with Crippen molar-refractivity contribution in [1.82, 2.24) is 4.90 Å². The fraction of sp³-hybridized carbons (Fsp3) is 0.150. The number of hydrogen-bond donors (Lipinski definition) is 2. The average molecular weight is 479 g/mol. The van der Waals surface area contributed by atoms with E-state index in [1.807, 2.05) is 0 Å². The quantitative estimate of drug-likeness (QED) is 0.592. The number of halogens is 1. The fourth-order valence-electron chi connectivity index (χ4n) is 2.76. The molecule has 0 spiro atoms. The number of amidine groups is 1. The number of benzene rings is 2. The smallest absolute Gasteiger partial charge is 0.242 e. The molecule has 1 atom stereocenters. The van der Waals surface area contributed by atoms with Gasteiger partial charge in [0.1, 0.15) is 5.25 Å². The number of nitrogens with zero attached hydrogens (tertiary/aromatic N) is 2. The Bertz CT molecular complexity index is 1130. The lowest BCUT2D eigenvalue weighted by Gasteiger charge is -2.13. The SMILES string of the molecule is C=CCN1C(=O)C(CC(=O)Nc2ccc(Cl)cc2)SC1=Nc1ccc(S(N)(=O)=O)cc1. The van der Waals surface area contributed by atoms with E-state index in [9.17, 15) is 18.0 Å². The van der Waals surface area contributed by atoms with E-state index in [4.69, 9.17) is 16.7 Å². The molecule has 1 aliphatic heterocycles. The van der Waals surface area contributed by atoms with Gasteiger partial charge in [-0.2, -0.15) is 0 Å². The van der Waals surface area contributed by atoms with Crippen molar-refractivity contribution in [3.05, 3.63) is 66.2 Å². The van der Waals surface area contributed by atoms with E-state index < -0.39 is 15.3 Å². The maximum absolute atomic E-state index is 12.8. The Morgan fingerprint density at radius 2 is 1.87 bits per heavy atom. The van der Waals surface area contributed by atoms with Crippen LogP contribution in [-0.4, -0.2) is 42.1 Å². The molecule has 0 aliphatic carbocycles. The van der Waals surface area contributed by atoms with Crippen LogP contribution in [0.1, 0.15) is 6.42 Å². The van der Waals surface area contributed by atoms with Crippen LogP contribution >= 0.6 is 23.4 Å². The number of thioether (sulfide) groups is 1. The van der Waals surface area contributed by atoms with Crippen molar-refractivity contribution < 1.29 is 18.0 Å². The topological polar surface area (TPSA) is 122 Å². The Balaban J connectivity index is 1.75. The van der Waals surface area contributed by atoms with Gasteiger partial charge in [0.25, 0.3) is 0 Å². The lowest BCUT2D eigenvalue weighted by Crippen LogP contribution is -2.33. The van der Waals surface area contributed by atoms with E-state index in [1.165, 1.54) is 40.9 Å². The van der Waals surface area contributed by atoms with Crippen molar-refractivity contribution in [2.45, 2.75) is 16.6 Å². The van der Waals surface area contributed by atoms with Gasteiger partial charge >= 0.3 is 0 Å². The van der Waals surface area contributed by atoms with Gasteiger partial charge < -0.3 is 5.32 Å². The zero-order chi connectivity index (χ0) is 22.6. The van der Waals surface area contributed by atoms with Crippen LogP contribution in [0, 0.1) is 0 Å². The summed E-state index contributed by atoms with van der Waals surface area (Å²) in [5, 5.41) is 8.15. The minimum Gasteiger partial charge on any atom is -0.326 e. The highest BCUT2D eigenvalue weighted by molar-refractivity contribution is 8.15. The molecule has 31 heavy (non-hydrogen) atoms. The van der Waals surface area contributed by atoms with Gasteiger partial charge in [-0.05, 0) is 48.5 Å². The molecule has 3 rings (SSSR count).